The maximum absolute atomic E-state index is 11.5. The van der Waals surface area contributed by atoms with Gasteiger partial charge in [0.15, 0.2) is 0 Å². The van der Waals surface area contributed by atoms with Gasteiger partial charge in [0.2, 0.25) is 0 Å². The van der Waals surface area contributed by atoms with Crippen LogP contribution >= 0.6 is 22.6 Å². The zero-order valence-corrected chi connectivity index (χ0v) is 17.3. The van der Waals surface area contributed by atoms with Gasteiger partial charge in [-0.25, -0.2) is 0 Å². The lowest BCUT2D eigenvalue weighted by Crippen LogP contribution is -2.11. The van der Waals surface area contributed by atoms with E-state index in [1.54, 1.807) is 0 Å². The van der Waals surface area contributed by atoms with Gasteiger partial charge >= 0.3 is 5.97 Å². The van der Waals surface area contributed by atoms with E-state index in [9.17, 15) is 9.90 Å². The number of aliphatic carboxylic acids is 1. The summed E-state index contributed by atoms with van der Waals surface area (Å²) in [6.07, 6.45) is 15.0. The first-order valence-electron chi connectivity index (χ1n) is 9.63. The lowest BCUT2D eigenvalue weighted by molar-refractivity contribution is -0.139. The van der Waals surface area contributed by atoms with Gasteiger partial charge < -0.3 is 5.11 Å². The summed E-state index contributed by atoms with van der Waals surface area (Å²) in [6.45, 7) is 2.26. The first kappa shape index (κ1) is 21.5. The summed E-state index contributed by atoms with van der Waals surface area (Å²) >= 11 is 2.25. The van der Waals surface area contributed by atoms with Crippen molar-refractivity contribution in [3.05, 3.63) is 33.4 Å². The molecule has 0 radical (unpaired) electrons. The molecule has 0 saturated carbocycles. The minimum absolute atomic E-state index is 0.347. The van der Waals surface area contributed by atoms with Crippen molar-refractivity contribution in [3.8, 4) is 0 Å². The lowest BCUT2D eigenvalue weighted by atomic mass is 9.93. The van der Waals surface area contributed by atoms with Crippen LogP contribution in [0, 0.1) is 3.57 Å². The van der Waals surface area contributed by atoms with Crippen molar-refractivity contribution >= 4 is 28.6 Å². The van der Waals surface area contributed by atoms with Crippen LogP contribution in [0.15, 0.2) is 24.3 Å². The summed E-state index contributed by atoms with van der Waals surface area (Å²) < 4.78 is 1.15. The standard InChI is InChI=1S/C21H33IO2/c1-2-3-4-5-6-7-8-9-10-11-12-13-20(21(23)24)18-14-16-19(22)17-15-18/h14-17,20H,2-13H2,1H3,(H,23,24)/i22-4. The molecule has 24 heavy (non-hydrogen) atoms. The summed E-state index contributed by atoms with van der Waals surface area (Å²) in [4.78, 5) is 11.5. The van der Waals surface area contributed by atoms with Gasteiger partial charge in [-0.05, 0) is 46.7 Å². The minimum atomic E-state index is -0.691. The molecular formula is C21H33IO2. The quantitative estimate of drug-likeness (QED) is 0.246. The van der Waals surface area contributed by atoms with Gasteiger partial charge in [0.1, 0.15) is 0 Å². The summed E-state index contributed by atoms with van der Waals surface area (Å²) in [5, 5.41) is 9.46. The van der Waals surface area contributed by atoms with E-state index in [1.165, 1.54) is 57.8 Å². The molecule has 0 spiro atoms. The molecule has 1 unspecified atom stereocenters. The van der Waals surface area contributed by atoms with E-state index in [1.807, 2.05) is 24.3 Å². The average Bonchev–Trinajstić information content (AvgIpc) is 2.57. The highest BCUT2D eigenvalue weighted by atomic mass is 123. The highest BCUT2D eigenvalue weighted by Gasteiger charge is 2.18. The highest BCUT2D eigenvalue weighted by Crippen LogP contribution is 2.24. The lowest BCUT2D eigenvalue weighted by Gasteiger charge is -2.12. The van der Waals surface area contributed by atoms with Crippen molar-refractivity contribution in [2.24, 2.45) is 0 Å². The molecule has 136 valence electrons. The monoisotopic (exact) mass is 440 g/mol. The number of rotatable bonds is 14. The van der Waals surface area contributed by atoms with Crippen LogP contribution in [0.3, 0.4) is 0 Å². The number of halogens is 1. The zero-order valence-electron chi connectivity index (χ0n) is 15.1. The first-order chi connectivity index (χ1) is 11.6. The second-order valence-electron chi connectivity index (χ2n) is 6.77. The minimum Gasteiger partial charge on any atom is -0.481 e. The molecule has 0 heterocycles. The van der Waals surface area contributed by atoms with Crippen molar-refractivity contribution in [2.45, 2.75) is 89.9 Å². The van der Waals surface area contributed by atoms with Gasteiger partial charge in [-0.1, -0.05) is 89.7 Å². The predicted molar refractivity (Wildman–Crippen MR) is 111 cm³/mol. The Morgan fingerprint density at radius 3 is 1.79 bits per heavy atom. The largest absolute Gasteiger partial charge is 0.481 e. The van der Waals surface area contributed by atoms with Crippen LogP contribution in [0.25, 0.3) is 0 Å². The van der Waals surface area contributed by atoms with Crippen LogP contribution in [0.1, 0.15) is 95.5 Å². The van der Waals surface area contributed by atoms with Crippen LogP contribution in [0.2, 0.25) is 0 Å². The first-order valence-corrected chi connectivity index (χ1v) is 10.7. The van der Waals surface area contributed by atoms with Gasteiger partial charge in [0.05, 0.1) is 5.92 Å². The van der Waals surface area contributed by atoms with Gasteiger partial charge in [-0.3, -0.25) is 4.79 Å². The molecule has 0 saturated heterocycles. The molecule has 0 aliphatic rings. The van der Waals surface area contributed by atoms with E-state index in [2.05, 4.69) is 29.5 Å². The van der Waals surface area contributed by atoms with Crippen LogP contribution in [-0.2, 0) is 4.79 Å². The Labute approximate surface area is 161 Å². The molecule has 2 nitrogen and oxygen atoms in total. The number of carboxylic acid groups (broad SMARTS) is 1. The molecular weight excluding hydrogens is 407 g/mol. The van der Waals surface area contributed by atoms with Gasteiger partial charge in [0, 0.05) is 3.57 Å². The molecule has 1 rings (SSSR count). The Morgan fingerprint density at radius 1 is 0.875 bits per heavy atom. The van der Waals surface area contributed by atoms with Crippen LogP contribution in [0.4, 0.5) is 0 Å². The molecule has 0 fully saturated rings. The molecule has 1 atom stereocenters. The number of carbonyl (C=O) groups is 1. The van der Waals surface area contributed by atoms with E-state index >= 15 is 0 Å². The van der Waals surface area contributed by atoms with Gasteiger partial charge in [-0.2, -0.15) is 0 Å². The fourth-order valence-corrected chi connectivity index (χ4v) is 3.50. The van der Waals surface area contributed by atoms with Crippen LogP contribution in [-0.4, -0.2) is 11.1 Å². The summed E-state index contributed by atoms with van der Waals surface area (Å²) in [5.41, 5.74) is 0.940. The Balaban J connectivity index is 2.10. The molecule has 1 aromatic rings. The maximum atomic E-state index is 11.5. The van der Waals surface area contributed by atoms with E-state index in [0.29, 0.717) is 0 Å². The Morgan fingerprint density at radius 2 is 1.33 bits per heavy atom. The molecule has 1 N–H and O–H groups in total. The second kappa shape index (κ2) is 13.7. The van der Waals surface area contributed by atoms with E-state index < -0.39 is 5.97 Å². The Bertz CT molecular complexity index is 442. The Kier molecular flexibility index (Phi) is 12.2. The maximum Gasteiger partial charge on any atom is 0.310 e. The zero-order chi connectivity index (χ0) is 17.6. The van der Waals surface area contributed by atoms with E-state index in [0.717, 1.165) is 28.4 Å². The summed E-state index contributed by atoms with van der Waals surface area (Å²) in [6, 6.07) is 7.90. The third-order valence-electron chi connectivity index (χ3n) is 4.67. The molecule has 0 aliphatic carbocycles. The van der Waals surface area contributed by atoms with Crippen molar-refractivity contribution in [1.29, 1.82) is 0 Å². The van der Waals surface area contributed by atoms with Crippen LogP contribution in [0.5, 0.6) is 0 Å². The van der Waals surface area contributed by atoms with Gasteiger partial charge in [-0.15, -0.1) is 0 Å². The van der Waals surface area contributed by atoms with Crippen molar-refractivity contribution in [1.82, 2.24) is 0 Å². The van der Waals surface area contributed by atoms with Gasteiger partial charge in [0.25, 0.3) is 0 Å². The van der Waals surface area contributed by atoms with Crippen molar-refractivity contribution < 1.29 is 9.90 Å². The number of hydrogen-bond acceptors (Lipinski definition) is 1. The van der Waals surface area contributed by atoms with E-state index in [4.69, 9.17) is 0 Å². The number of unbranched alkanes of at least 4 members (excludes halogenated alkanes) is 10. The second-order valence-corrected chi connectivity index (χ2v) is 8.01. The molecule has 3 heteroatoms. The predicted octanol–water partition coefficient (Wildman–Crippen LogP) is 7.16. The number of carboxylic acids is 1. The third kappa shape index (κ3) is 9.65. The normalized spacial score (nSPS) is 12.2. The molecule has 0 aromatic heterocycles. The highest BCUT2D eigenvalue weighted by molar-refractivity contribution is 14.1. The number of benzene rings is 1. The van der Waals surface area contributed by atoms with Crippen molar-refractivity contribution in [3.63, 3.8) is 0 Å². The third-order valence-corrected chi connectivity index (χ3v) is 5.39. The molecule has 0 aliphatic heterocycles. The average molecular weight is 440 g/mol. The summed E-state index contributed by atoms with van der Waals surface area (Å²) in [7, 11) is 0. The fraction of sp³-hybridized carbons (Fsp3) is 0.667. The SMILES string of the molecule is CCCCCCCCCCCCCC(C(=O)O)c1ccc([123I])cc1. The fourth-order valence-electron chi connectivity index (χ4n) is 3.14. The summed E-state index contributed by atoms with van der Waals surface area (Å²) in [5.74, 6) is -1.04. The number of hydrogen-bond donors (Lipinski definition) is 1. The van der Waals surface area contributed by atoms with Crippen molar-refractivity contribution in [2.75, 3.05) is 0 Å². The molecule has 0 amide bonds. The molecule has 1 aromatic carbocycles. The smallest absolute Gasteiger partial charge is 0.310 e. The van der Waals surface area contributed by atoms with E-state index in [-0.39, 0.29) is 5.92 Å². The topological polar surface area (TPSA) is 37.3 Å². The van der Waals surface area contributed by atoms with Crippen LogP contribution < -0.4 is 0 Å². The molecule has 0 bridgehead atoms. The Hall–Kier alpha value is -0.580.